The number of rotatable bonds is 3. The Morgan fingerprint density at radius 2 is 2.11 bits per heavy atom. The molecule has 0 radical (unpaired) electrons. The topological polar surface area (TPSA) is 75.4 Å². The Bertz CT molecular complexity index is 451. The van der Waals surface area contributed by atoms with Crippen LogP contribution < -0.4 is 11.1 Å². The summed E-state index contributed by atoms with van der Waals surface area (Å²) in [4.78, 5) is 11.5. The molecule has 1 atom stereocenters. The minimum Gasteiger partial charge on any atom is -0.397 e. The Balaban J connectivity index is 2.70. The third-order valence-corrected chi connectivity index (χ3v) is 2.46. The molecule has 1 amide bonds. The van der Waals surface area contributed by atoms with E-state index in [1.165, 1.54) is 18.2 Å². The van der Waals surface area contributed by atoms with E-state index in [9.17, 15) is 18.0 Å². The second kappa shape index (κ2) is 5.45. The van der Waals surface area contributed by atoms with Gasteiger partial charge in [0.15, 0.2) is 6.10 Å². The number of hydrogen-bond acceptors (Lipinski definition) is 3. The van der Waals surface area contributed by atoms with Crippen LogP contribution in [0, 0.1) is 0 Å². The molecule has 0 saturated carbocycles. The molecule has 0 saturated heterocycles. The summed E-state index contributed by atoms with van der Waals surface area (Å²) >= 11 is 5.66. The highest BCUT2D eigenvalue weighted by Crippen LogP contribution is 2.23. The highest BCUT2D eigenvalue weighted by atomic mass is 35.5. The van der Waals surface area contributed by atoms with Gasteiger partial charge in [0.2, 0.25) is 0 Å². The van der Waals surface area contributed by atoms with Gasteiger partial charge in [-0.3, -0.25) is 4.79 Å². The van der Waals surface area contributed by atoms with Gasteiger partial charge in [-0.1, -0.05) is 17.7 Å². The zero-order chi connectivity index (χ0) is 13.9. The molecule has 4 N–H and O–H groups in total. The normalized spacial score (nSPS) is 13.2. The van der Waals surface area contributed by atoms with Gasteiger partial charge >= 0.3 is 6.18 Å². The summed E-state index contributed by atoms with van der Waals surface area (Å²) in [6, 6.07) is 4.20. The van der Waals surface area contributed by atoms with Gasteiger partial charge in [0.05, 0.1) is 22.8 Å². The van der Waals surface area contributed by atoms with Crippen LogP contribution in [0.1, 0.15) is 10.4 Å². The molecule has 0 aliphatic heterocycles. The molecule has 0 bridgehead atoms. The summed E-state index contributed by atoms with van der Waals surface area (Å²) in [5.74, 6) is -0.835. The van der Waals surface area contributed by atoms with Crippen molar-refractivity contribution in [2.24, 2.45) is 0 Å². The van der Waals surface area contributed by atoms with Gasteiger partial charge in [0, 0.05) is 0 Å². The van der Waals surface area contributed by atoms with Gasteiger partial charge in [0.25, 0.3) is 5.91 Å². The van der Waals surface area contributed by atoms with Gasteiger partial charge in [-0.25, -0.2) is 0 Å². The molecule has 0 aromatic heterocycles. The Hall–Kier alpha value is -1.47. The van der Waals surface area contributed by atoms with Crippen molar-refractivity contribution >= 4 is 23.2 Å². The average molecular weight is 283 g/mol. The first-order valence-electron chi connectivity index (χ1n) is 4.80. The Kier molecular flexibility index (Phi) is 4.42. The number of benzene rings is 1. The predicted octanol–water partition coefficient (Wildman–Crippen LogP) is 1.58. The summed E-state index contributed by atoms with van der Waals surface area (Å²) in [7, 11) is 0. The van der Waals surface area contributed by atoms with Gasteiger partial charge in [0.1, 0.15) is 0 Å². The number of aliphatic hydroxyl groups is 1. The summed E-state index contributed by atoms with van der Waals surface area (Å²) in [5.41, 5.74) is 5.42. The molecule has 18 heavy (non-hydrogen) atoms. The number of nitrogens with two attached hydrogens (primary N) is 1. The van der Waals surface area contributed by atoms with Crippen molar-refractivity contribution < 1.29 is 23.1 Å². The van der Waals surface area contributed by atoms with E-state index in [4.69, 9.17) is 22.4 Å². The van der Waals surface area contributed by atoms with Gasteiger partial charge in [-0.05, 0) is 12.1 Å². The zero-order valence-electron chi connectivity index (χ0n) is 8.96. The number of nitrogen functional groups attached to an aromatic ring is 1. The first kappa shape index (κ1) is 14.6. The van der Waals surface area contributed by atoms with Crippen molar-refractivity contribution in [3.05, 3.63) is 28.8 Å². The number of nitrogens with one attached hydrogen (secondary N) is 1. The molecule has 0 spiro atoms. The van der Waals surface area contributed by atoms with Crippen LogP contribution >= 0.6 is 11.6 Å². The van der Waals surface area contributed by atoms with E-state index < -0.39 is 24.7 Å². The maximum Gasteiger partial charge on any atom is 0.416 e. The molecule has 100 valence electrons. The number of anilines is 1. The smallest absolute Gasteiger partial charge is 0.397 e. The maximum atomic E-state index is 12.0. The minimum absolute atomic E-state index is 0.0295. The second-order valence-electron chi connectivity index (χ2n) is 3.47. The van der Waals surface area contributed by atoms with E-state index >= 15 is 0 Å². The lowest BCUT2D eigenvalue weighted by atomic mass is 10.1. The number of hydrogen-bond donors (Lipinski definition) is 3. The first-order chi connectivity index (χ1) is 8.23. The Morgan fingerprint density at radius 1 is 1.50 bits per heavy atom. The number of para-hydroxylation sites is 1. The van der Waals surface area contributed by atoms with E-state index in [-0.39, 0.29) is 16.3 Å². The number of amides is 1. The standard InChI is InChI=1S/C10H10ClF3N2O2/c11-6-3-1-2-5(8(6)15)9(18)16-4-7(17)10(12,13)14/h1-3,7,17H,4,15H2,(H,16,18). The van der Waals surface area contributed by atoms with Crippen LogP contribution in [0.15, 0.2) is 18.2 Å². The third-order valence-electron chi connectivity index (χ3n) is 2.13. The van der Waals surface area contributed by atoms with Crippen LogP contribution in [0.4, 0.5) is 18.9 Å². The molecule has 1 aromatic carbocycles. The second-order valence-corrected chi connectivity index (χ2v) is 3.88. The quantitative estimate of drug-likeness (QED) is 0.737. The summed E-state index contributed by atoms with van der Waals surface area (Å²) in [5, 5.41) is 10.8. The van der Waals surface area contributed by atoms with Crippen LogP contribution in [-0.2, 0) is 0 Å². The zero-order valence-corrected chi connectivity index (χ0v) is 9.72. The van der Waals surface area contributed by atoms with Crippen molar-refractivity contribution in [1.82, 2.24) is 5.32 Å². The Labute approximate surface area is 106 Å². The summed E-state index contributed by atoms with van der Waals surface area (Å²) < 4.78 is 36.0. The lowest BCUT2D eigenvalue weighted by Gasteiger charge is -2.15. The number of aliphatic hydroxyl groups excluding tert-OH is 1. The predicted molar refractivity (Wildman–Crippen MR) is 60.3 cm³/mol. The maximum absolute atomic E-state index is 12.0. The molecule has 1 unspecified atom stereocenters. The van der Waals surface area contributed by atoms with Crippen molar-refractivity contribution in [1.29, 1.82) is 0 Å². The number of halogens is 4. The van der Waals surface area contributed by atoms with Crippen LogP contribution in [0.25, 0.3) is 0 Å². The summed E-state index contributed by atoms with van der Waals surface area (Å²) in [6.45, 7) is -0.950. The fourth-order valence-corrected chi connectivity index (χ4v) is 1.31. The van der Waals surface area contributed by atoms with Crippen LogP contribution in [0.2, 0.25) is 5.02 Å². The van der Waals surface area contributed by atoms with E-state index in [2.05, 4.69) is 0 Å². The van der Waals surface area contributed by atoms with Gasteiger partial charge in [-0.2, -0.15) is 13.2 Å². The molecule has 0 aliphatic rings. The van der Waals surface area contributed by atoms with E-state index in [1.54, 1.807) is 0 Å². The van der Waals surface area contributed by atoms with E-state index in [0.717, 1.165) is 0 Å². The molecule has 0 aliphatic carbocycles. The number of carbonyl (C=O) groups excluding carboxylic acids is 1. The minimum atomic E-state index is -4.78. The highest BCUT2D eigenvalue weighted by molar-refractivity contribution is 6.33. The van der Waals surface area contributed by atoms with Crippen molar-refractivity contribution in [3.8, 4) is 0 Å². The molecule has 0 heterocycles. The van der Waals surface area contributed by atoms with Gasteiger partial charge < -0.3 is 16.2 Å². The monoisotopic (exact) mass is 282 g/mol. The van der Waals surface area contributed by atoms with Crippen molar-refractivity contribution in [2.45, 2.75) is 12.3 Å². The van der Waals surface area contributed by atoms with Gasteiger partial charge in [-0.15, -0.1) is 0 Å². The number of alkyl halides is 3. The fraction of sp³-hybridized carbons (Fsp3) is 0.300. The highest BCUT2D eigenvalue weighted by Gasteiger charge is 2.38. The number of carbonyl (C=O) groups is 1. The van der Waals surface area contributed by atoms with Crippen LogP contribution in [-0.4, -0.2) is 29.8 Å². The van der Waals surface area contributed by atoms with Crippen LogP contribution in [0.5, 0.6) is 0 Å². The van der Waals surface area contributed by atoms with E-state index in [0.29, 0.717) is 0 Å². The SMILES string of the molecule is Nc1c(Cl)cccc1C(=O)NCC(O)C(F)(F)F. The third kappa shape index (κ3) is 3.51. The molecule has 8 heteroatoms. The molecule has 1 aromatic rings. The van der Waals surface area contributed by atoms with Crippen LogP contribution in [0.3, 0.4) is 0 Å². The lowest BCUT2D eigenvalue weighted by Crippen LogP contribution is -2.40. The first-order valence-corrected chi connectivity index (χ1v) is 5.18. The molecule has 4 nitrogen and oxygen atoms in total. The Morgan fingerprint density at radius 3 is 2.67 bits per heavy atom. The van der Waals surface area contributed by atoms with Crippen molar-refractivity contribution in [2.75, 3.05) is 12.3 Å². The summed E-state index contributed by atoms with van der Waals surface area (Å²) in [6.07, 6.45) is -7.41. The fourth-order valence-electron chi connectivity index (χ4n) is 1.14. The average Bonchev–Trinajstić information content (AvgIpc) is 2.27. The van der Waals surface area contributed by atoms with E-state index in [1.807, 2.05) is 5.32 Å². The molecule has 0 fully saturated rings. The van der Waals surface area contributed by atoms with Crippen molar-refractivity contribution in [3.63, 3.8) is 0 Å². The lowest BCUT2D eigenvalue weighted by molar-refractivity contribution is -0.201. The molecule has 1 rings (SSSR count). The largest absolute Gasteiger partial charge is 0.416 e. The molecular formula is C10H10ClF3N2O2. The molecular weight excluding hydrogens is 273 g/mol.